The van der Waals surface area contributed by atoms with Gasteiger partial charge in [0, 0.05) is 33.1 Å². The molecule has 0 radical (unpaired) electrons. The molecule has 90 valence electrons. The molecular weight excluding hydrogens is 210 g/mol. The van der Waals surface area contributed by atoms with Crippen LogP contribution in [0.2, 0.25) is 0 Å². The zero-order valence-corrected chi connectivity index (χ0v) is 9.50. The Balaban J connectivity index is 2.66. The Labute approximate surface area is 93.9 Å². The van der Waals surface area contributed by atoms with Crippen LogP contribution in [0.3, 0.4) is 0 Å². The first kappa shape index (κ1) is 12.4. The molecule has 0 aromatic carbocycles. The maximum atomic E-state index is 10.5. The van der Waals surface area contributed by atoms with Crippen LogP contribution < -0.4 is 10.6 Å². The number of hydrogen-bond acceptors (Lipinski definition) is 5. The molecule has 1 rings (SSSR count). The third kappa shape index (κ3) is 2.93. The molecule has 0 aliphatic heterocycles. The van der Waals surface area contributed by atoms with Gasteiger partial charge in [-0.1, -0.05) is 0 Å². The van der Waals surface area contributed by atoms with E-state index in [2.05, 4.69) is 10.2 Å². The van der Waals surface area contributed by atoms with Gasteiger partial charge in [-0.05, 0) is 6.42 Å². The Hall–Kier alpha value is -1.63. The Kier molecular flexibility index (Phi) is 4.24. The summed E-state index contributed by atoms with van der Waals surface area (Å²) in [6, 6.07) is -0.0426. The summed E-state index contributed by atoms with van der Waals surface area (Å²) in [6.07, 6.45) is 2.19. The first-order valence-electron chi connectivity index (χ1n) is 5.05. The van der Waals surface area contributed by atoms with Crippen LogP contribution in [-0.2, 0) is 11.8 Å². The van der Waals surface area contributed by atoms with Gasteiger partial charge in [0.15, 0.2) is 0 Å². The second kappa shape index (κ2) is 5.45. The van der Waals surface area contributed by atoms with Crippen LogP contribution in [0.5, 0.6) is 0 Å². The highest BCUT2D eigenvalue weighted by molar-refractivity contribution is 5.66. The predicted molar refractivity (Wildman–Crippen MR) is 59.1 cm³/mol. The van der Waals surface area contributed by atoms with Crippen LogP contribution in [-0.4, -0.2) is 45.5 Å². The Morgan fingerprint density at radius 3 is 2.88 bits per heavy atom. The van der Waals surface area contributed by atoms with E-state index in [1.54, 1.807) is 10.9 Å². The van der Waals surface area contributed by atoms with Crippen molar-refractivity contribution in [2.75, 3.05) is 18.5 Å². The SMILES string of the molecule is CN(c1nncn1C)C(CN)CCC(=O)O. The van der Waals surface area contributed by atoms with Crippen molar-refractivity contribution < 1.29 is 9.90 Å². The first-order chi connectivity index (χ1) is 7.56. The van der Waals surface area contributed by atoms with Crippen LogP contribution in [0, 0.1) is 0 Å². The normalized spacial score (nSPS) is 12.4. The fraction of sp³-hybridized carbons (Fsp3) is 0.667. The molecule has 0 bridgehead atoms. The molecule has 1 heterocycles. The Morgan fingerprint density at radius 2 is 2.44 bits per heavy atom. The van der Waals surface area contributed by atoms with Crippen LogP contribution in [0.4, 0.5) is 5.95 Å². The van der Waals surface area contributed by atoms with Crippen molar-refractivity contribution in [3.05, 3.63) is 6.33 Å². The van der Waals surface area contributed by atoms with E-state index in [-0.39, 0.29) is 12.5 Å². The van der Waals surface area contributed by atoms with Gasteiger partial charge < -0.3 is 20.3 Å². The molecule has 1 atom stereocenters. The number of carbonyl (C=O) groups is 1. The van der Waals surface area contributed by atoms with Gasteiger partial charge >= 0.3 is 5.97 Å². The van der Waals surface area contributed by atoms with E-state index in [1.165, 1.54) is 0 Å². The lowest BCUT2D eigenvalue weighted by atomic mass is 10.1. The molecular formula is C9H17N5O2. The van der Waals surface area contributed by atoms with Gasteiger partial charge in [0.05, 0.1) is 0 Å². The van der Waals surface area contributed by atoms with E-state index in [9.17, 15) is 4.79 Å². The number of carboxylic acids is 1. The van der Waals surface area contributed by atoms with Crippen molar-refractivity contribution in [2.24, 2.45) is 12.8 Å². The molecule has 0 aliphatic carbocycles. The fourth-order valence-corrected chi connectivity index (χ4v) is 1.52. The Morgan fingerprint density at radius 1 is 1.75 bits per heavy atom. The van der Waals surface area contributed by atoms with Crippen LogP contribution in [0.15, 0.2) is 6.33 Å². The molecule has 0 fully saturated rings. The van der Waals surface area contributed by atoms with Crippen molar-refractivity contribution in [1.29, 1.82) is 0 Å². The second-order valence-electron chi connectivity index (χ2n) is 3.67. The number of aliphatic carboxylic acids is 1. The zero-order chi connectivity index (χ0) is 12.1. The molecule has 3 N–H and O–H groups in total. The maximum Gasteiger partial charge on any atom is 0.303 e. The van der Waals surface area contributed by atoms with E-state index < -0.39 is 5.97 Å². The zero-order valence-electron chi connectivity index (χ0n) is 9.50. The van der Waals surface area contributed by atoms with Crippen molar-refractivity contribution in [3.63, 3.8) is 0 Å². The number of nitrogens with two attached hydrogens (primary N) is 1. The van der Waals surface area contributed by atoms with Gasteiger partial charge in [-0.15, -0.1) is 10.2 Å². The number of hydrogen-bond donors (Lipinski definition) is 2. The van der Waals surface area contributed by atoms with Crippen molar-refractivity contribution in [1.82, 2.24) is 14.8 Å². The van der Waals surface area contributed by atoms with E-state index in [1.807, 2.05) is 19.0 Å². The summed E-state index contributed by atoms with van der Waals surface area (Å²) in [5.74, 6) is -0.134. The molecule has 1 unspecified atom stereocenters. The van der Waals surface area contributed by atoms with Gasteiger partial charge in [0.1, 0.15) is 6.33 Å². The molecule has 16 heavy (non-hydrogen) atoms. The minimum atomic E-state index is -0.815. The van der Waals surface area contributed by atoms with Gasteiger partial charge in [-0.25, -0.2) is 0 Å². The summed E-state index contributed by atoms with van der Waals surface area (Å²) >= 11 is 0. The highest BCUT2D eigenvalue weighted by Crippen LogP contribution is 2.12. The average Bonchev–Trinajstić information content (AvgIpc) is 2.64. The van der Waals surface area contributed by atoms with Gasteiger partial charge in [-0.3, -0.25) is 4.79 Å². The monoisotopic (exact) mass is 227 g/mol. The molecule has 7 heteroatoms. The summed E-state index contributed by atoms with van der Waals surface area (Å²) < 4.78 is 1.77. The highest BCUT2D eigenvalue weighted by atomic mass is 16.4. The number of carboxylic acid groups (broad SMARTS) is 1. The van der Waals surface area contributed by atoms with Crippen molar-refractivity contribution in [2.45, 2.75) is 18.9 Å². The molecule has 0 amide bonds. The number of anilines is 1. The van der Waals surface area contributed by atoms with Gasteiger partial charge in [0.2, 0.25) is 5.95 Å². The smallest absolute Gasteiger partial charge is 0.303 e. The minimum absolute atomic E-state index is 0.0426. The molecule has 0 aliphatic rings. The number of likely N-dealkylation sites (N-methyl/N-ethyl adjacent to an activating group) is 1. The van der Waals surface area contributed by atoms with Crippen molar-refractivity contribution >= 4 is 11.9 Å². The quantitative estimate of drug-likeness (QED) is 0.676. The lowest BCUT2D eigenvalue weighted by Crippen LogP contribution is -2.39. The van der Waals surface area contributed by atoms with Crippen LogP contribution in [0.25, 0.3) is 0 Å². The van der Waals surface area contributed by atoms with E-state index in [0.29, 0.717) is 18.9 Å². The summed E-state index contributed by atoms with van der Waals surface area (Å²) in [5.41, 5.74) is 5.62. The summed E-state index contributed by atoms with van der Waals surface area (Å²) in [6.45, 7) is 0.386. The fourth-order valence-electron chi connectivity index (χ4n) is 1.52. The lowest BCUT2D eigenvalue weighted by Gasteiger charge is -2.26. The number of nitrogens with zero attached hydrogens (tertiary/aromatic N) is 4. The molecule has 1 aromatic rings. The third-order valence-electron chi connectivity index (χ3n) is 2.51. The summed E-state index contributed by atoms with van der Waals surface area (Å²) in [5, 5.41) is 16.3. The molecule has 0 saturated carbocycles. The number of aryl methyl sites for hydroxylation is 1. The van der Waals surface area contributed by atoms with E-state index >= 15 is 0 Å². The molecule has 0 saturated heterocycles. The number of rotatable bonds is 6. The van der Waals surface area contributed by atoms with Gasteiger partial charge in [0.25, 0.3) is 0 Å². The van der Waals surface area contributed by atoms with Crippen LogP contribution in [0.1, 0.15) is 12.8 Å². The highest BCUT2D eigenvalue weighted by Gasteiger charge is 2.18. The standard InChI is InChI=1S/C9H17N5O2/c1-13-6-11-12-9(13)14(2)7(5-10)3-4-8(15)16/h6-7H,3-5,10H2,1-2H3,(H,15,16). The van der Waals surface area contributed by atoms with E-state index in [4.69, 9.17) is 10.8 Å². The lowest BCUT2D eigenvalue weighted by molar-refractivity contribution is -0.137. The van der Waals surface area contributed by atoms with Gasteiger partial charge in [-0.2, -0.15) is 0 Å². The Bertz CT molecular complexity index is 351. The van der Waals surface area contributed by atoms with Crippen molar-refractivity contribution in [3.8, 4) is 0 Å². The van der Waals surface area contributed by atoms with E-state index in [0.717, 1.165) is 0 Å². The minimum Gasteiger partial charge on any atom is -0.481 e. The number of aromatic nitrogens is 3. The molecule has 0 spiro atoms. The van der Waals surface area contributed by atoms with Crippen LogP contribution >= 0.6 is 0 Å². The average molecular weight is 227 g/mol. The summed E-state index contributed by atoms with van der Waals surface area (Å²) in [7, 11) is 3.67. The predicted octanol–water partition coefficient (Wildman–Crippen LogP) is -0.557. The molecule has 1 aromatic heterocycles. The molecule has 7 nitrogen and oxygen atoms in total. The maximum absolute atomic E-state index is 10.5. The second-order valence-corrected chi connectivity index (χ2v) is 3.67. The third-order valence-corrected chi connectivity index (χ3v) is 2.51. The largest absolute Gasteiger partial charge is 0.481 e. The summed E-state index contributed by atoms with van der Waals surface area (Å²) in [4.78, 5) is 12.4. The topological polar surface area (TPSA) is 97.3 Å². The first-order valence-corrected chi connectivity index (χ1v) is 5.05.